The largest absolute Gasteiger partial charge is 0.467 e. The minimum Gasteiger partial charge on any atom is -0.467 e. The Morgan fingerprint density at radius 3 is 2.70 bits per heavy atom. The molecule has 0 aliphatic carbocycles. The van der Waals surface area contributed by atoms with E-state index >= 15 is 0 Å². The second kappa shape index (κ2) is 9.15. The fourth-order valence-electron chi connectivity index (χ4n) is 1.22. The van der Waals surface area contributed by atoms with Crippen molar-refractivity contribution in [3.05, 3.63) is 16.9 Å². The van der Waals surface area contributed by atoms with E-state index in [0.29, 0.717) is 23.2 Å². The normalized spacial score (nSPS) is 14.0. The third-order valence-corrected chi connectivity index (χ3v) is 9.80. The summed E-state index contributed by atoms with van der Waals surface area (Å²) in [6.07, 6.45) is 0.954. The van der Waals surface area contributed by atoms with Crippen molar-refractivity contribution in [3.8, 4) is 6.01 Å². The molecule has 9 heteroatoms. The molecule has 20 heavy (non-hydrogen) atoms. The molecule has 0 spiro atoms. The second-order valence-corrected chi connectivity index (χ2v) is 11.5. The second-order valence-electron chi connectivity index (χ2n) is 3.64. The van der Waals surface area contributed by atoms with Gasteiger partial charge in [-0.3, -0.25) is 4.57 Å². The zero-order valence-electron chi connectivity index (χ0n) is 11.7. The predicted octanol–water partition coefficient (Wildman–Crippen LogP) is 4.66. The van der Waals surface area contributed by atoms with Crippen LogP contribution in [-0.2, 0) is 14.8 Å². The molecule has 0 saturated heterocycles. The molecule has 1 heterocycles. The van der Waals surface area contributed by atoms with E-state index in [0.717, 1.165) is 12.2 Å². The molecule has 5 nitrogen and oxygen atoms in total. The molecule has 1 unspecified atom stereocenters. The first-order chi connectivity index (χ1) is 9.53. The van der Waals surface area contributed by atoms with E-state index in [-0.39, 0.29) is 6.01 Å². The van der Waals surface area contributed by atoms with Gasteiger partial charge >= 0.3 is 11.8 Å². The van der Waals surface area contributed by atoms with Gasteiger partial charge in [-0.15, -0.1) is 0 Å². The molecule has 0 saturated carbocycles. The van der Waals surface area contributed by atoms with Crippen molar-refractivity contribution < 1.29 is 13.8 Å². The summed E-state index contributed by atoms with van der Waals surface area (Å²) < 4.78 is 23.0. The molecule has 0 radical (unpaired) electrons. The molecular weight excluding hydrogens is 339 g/mol. The third-order valence-electron chi connectivity index (χ3n) is 2.02. The van der Waals surface area contributed by atoms with E-state index in [2.05, 4.69) is 9.97 Å². The van der Waals surface area contributed by atoms with Crippen LogP contribution in [0.4, 0.5) is 0 Å². The number of methoxy groups -OCH3 is 1. The van der Waals surface area contributed by atoms with Gasteiger partial charge in [-0.25, -0.2) is 0 Å². The van der Waals surface area contributed by atoms with Crippen molar-refractivity contribution in [2.45, 2.75) is 26.0 Å². The Kier molecular flexibility index (Phi) is 8.29. The van der Waals surface area contributed by atoms with E-state index in [1.807, 2.05) is 13.8 Å². The monoisotopic (exact) mass is 356 g/mol. The standard InChI is InChI=1S/C11H18ClN2O3PS2/c1-4-6-19-18(15,17-5-2)20-8-9-7-10(12)14-11(13-9)16-3/h7H,4-6,8H2,1-3H3. The Morgan fingerprint density at radius 2 is 2.10 bits per heavy atom. The minimum atomic E-state index is -2.75. The molecule has 0 fully saturated rings. The van der Waals surface area contributed by atoms with Crippen molar-refractivity contribution in [1.82, 2.24) is 9.97 Å². The quantitative estimate of drug-likeness (QED) is 0.471. The molecule has 114 valence electrons. The van der Waals surface area contributed by atoms with Crippen LogP contribution in [0.5, 0.6) is 6.01 Å². The Bertz CT molecular complexity index is 479. The number of halogens is 1. The first-order valence-electron chi connectivity index (χ1n) is 6.14. The molecule has 0 aliphatic rings. The molecule has 0 bridgehead atoms. The number of hydrogen-bond donors (Lipinski definition) is 0. The van der Waals surface area contributed by atoms with Crippen LogP contribution < -0.4 is 4.74 Å². The van der Waals surface area contributed by atoms with Gasteiger partial charge in [-0.05, 0) is 19.4 Å². The van der Waals surface area contributed by atoms with E-state index in [1.165, 1.54) is 29.9 Å². The Labute approximate surface area is 132 Å². The Morgan fingerprint density at radius 1 is 1.35 bits per heavy atom. The zero-order valence-corrected chi connectivity index (χ0v) is 14.9. The summed E-state index contributed by atoms with van der Waals surface area (Å²) in [5, 5.41) is 0.305. The van der Waals surface area contributed by atoms with Crippen LogP contribution in [0.1, 0.15) is 26.0 Å². The van der Waals surface area contributed by atoms with Gasteiger partial charge in [0.2, 0.25) is 0 Å². The SMILES string of the molecule is CCCSP(=O)(OCC)SCc1cc(Cl)nc(OC)n1. The number of nitrogens with zero attached hydrogens (tertiary/aromatic N) is 2. The lowest BCUT2D eigenvalue weighted by Gasteiger charge is -2.15. The van der Waals surface area contributed by atoms with Crippen molar-refractivity contribution in [1.29, 1.82) is 0 Å². The van der Waals surface area contributed by atoms with Crippen LogP contribution in [0.3, 0.4) is 0 Å². The van der Waals surface area contributed by atoms with E-state index in [4.69, 9.17) is 20.9 Å². The average Bonchev–Trinajstić information content (AvgIpc) is 2.43. The first-order valence-corrected chi connectivity index (χ1v) is 11.3. The highest BCUT2D eigenvalue weighted by molar-refractivity contribution is 8.89. The highest BCUT2D eigenvalue weighted by Gasteiger charge is 2.24. The van der Waals surface area contributed by atoms with Gasteiger partial charge in [0.1, 0.15) is 5.15 Å². The highest BCUT2D eigenvalue weighted by Crippen LogP contribution is 2.70. The lowest BCUT2D eigenvalue weighted by Crippen LogP contribution is -1.96. The maximum atomic E-state index is 12.6. The fraction of sp³-hybridized carbons (Fsp3) is 0.636. The summed E-state index contributed by atoms with van der Waals surface area (Å²) in [6, 6.07) is 1.85. The van der Waals surface area contributed by atoms with Gasteiger partial charge in [0.15, 0.2) is 0 Å². The fourth-order valence-corrected chi connectivity index (χ4v) is 8.02. The van der Waals surface area contributed by atoms with E-state index in [9.17, 15) is 4.57 Å². The number of rotatable bonds is 9. The predicted molar refractivity (Wildman–Crippen MR) is 86.9 cm³/mol. The molecule has 0 aliphatic heterocycles. The van der Waals surface area contributed by atoms with E-state index < -0.39 is 5.77 Å². The molecule has 1 aromatic rings. The molecule has 1 atom stereocenters. The zero-order chi connectivity index (χ0) is 15.0. The van der Waals surface area contributed by atoms with Crippen molar-refractivity contribution in [2.75, 3.05) is 19.5 Å². The summed E-state index contributed by atoms with van der Waals surface area (Å²) in [6.45, 7) is 4.31. The smallest absolute Gasteiger partial charge is 0.317 e. The molecular formula is C11H18ClN2O3PS2. The molecule has 0 amide bonds. The van der Waals surface area contributed by atoms with Crippen molar-refractivity contribution in [2.24, 2.45) is 0 Å². The van der Waals surface area contributed by atoms with Gasteiger partial charge in [-0.2, -0.15) is 9.97 Å². The van der Waals surface area contributed by atoms with Crippen LogP contribution in [0.25, 0.3) is 0 Å². The summed E-state index contributed by atoms with van der Waals surface area (Å²) in [7, 11) is 1.48. The molecule has 0 N–H and O–H groups in total. The van der Waals surface area contributed by atoms with E-state index in [1.54, 1.807) is 6.07 Å². The van der Waals surface area contributed by atoms with Crippen LogP contribution in [-0.4, -0.2) is 29.4 Å². The van der Waals surface area contributed by atoms with Gasteiger partial charge in [0.25, 0.3) is 0 Å². The maximum absolute atomic E-state index is 12.6. The van der Waals surface area contributed by atoms with Crippen molar-refractivity contribution in [3.63, 3.8) is 0 Å². The average molecular weight is 357 g/mol. The lowest BCUT2D eigenvalue weighted by molar-refractivity contribution is 0.357. The van der Waals surface area contributed by atoms with Crippen molar-refractivity contribution >= 4 is 40.1 Å². The number of ether oxygens (including phenoxy) is 1. The number of hydrogen-bond acceptors (Lipinski definition) is 7. The maximum Gasteiger partial charge on any atom is 0.317 e. The summed E-state index contributed by atoms with van der Waals surface area (Å²) in [5.41, 5.74) is 0.670. The topological polar surface area (TPSA) is 61.3 Å². The molecule has 1 rings (SSSR count). The van der Waals surface area contributed by atoms with Crippen LogP contribution in [0.2, 0.25) is 5.15 Å². The van der Waals surface area contributed by atoms with Gasteiger partial charge < -0.3 is 9.26 Å². The molecule has 0 aromatic carbocycles. The summed E-state index contributed by atoms with van der Waals surface area (Å²) >= 11 is 8.51. The third kappa shape index (κ3) is 6.22. The highest BCUT2D eigenvalue weighted by atomic mass is 35.5. The minimum absolute atomic E-state index is 0.209. The van der Waals surface area contributed by atoms with Gasteiger partial charge in [0.05, 0.1) is 19.4 Å². The van der Waals surface area contributed by atoms with Crippen LogP contribution in [0.15, 0.2) is 6.07 Å². The lowest BCUT2D eigenvalue weighted by atomic mass is 10.5. The van der Waals surface area contributed by atoms with Gasteiger partial charge in [0, 0.05) is 11.5 Å². The van der Waals surface area contributed by atoms with Crippen LogP contribution in [0, 0.1) is 0 Å². The Hall–Kier alpha value is 0.0600. The summed E-state index contributed by atoms with van der Waals surface area (Å²) in [4.78, 5) is 8.07. The Balaban J connectivity index is 2.71. The number of aromatic nitrogens is 2. The van der Waals surface area contributed by atoms with Crippen LogP contribution >= 0.6 is 40.1 Å². The molecule has 1 aromatic heterocycles. The van der Waals surface area contributed by atoms with Gasteiger partial charge in [-0.1, -0.05) is 41.3 Å². The summed E-state index contributed by atoms with van der Waals surface area (Å²) in [5.74, 6) is -1.51. The first kappa shape index (κ1) is 18.1.